The van der Waals surface area contributed by atoms with Gasteiger partial charge < -0.3 is 44.3 Å². The number of epoxide rings is 1. The third-order valence-electron chi connectivity index (χ3n) is 13.3. The number of allylic oxidation sites excluding steroid dienone is 3. The van der Waals surface area contributed by atoms with Crippen LogP contribution in [0.3, 0.4) is 0 Å². The normalized spacial score (nSPS) is 28.8. The van der Waals surface area contributed by atoms with Crippen LogP contribution >= 0.6 is 33.2 Å². The zero-order valence-corrected chi connectivity index (χ0v) is 43.0. The van der Waals surface area contributed by atoms with Gasteiger partial charge in [-0.15, -0.1) is 0 Å². The molecule has 4 bridgehead atoms. The number of alkyl carbamates (subject to hydrolysis) is 1. The van der Waals surface area contributed by atoms with Crippen LogP contribution in [0.1, 0.15) is 118 Å². The summed E-state index contributed by atoms with van der Waals surface area (Å²) in [6.07, 6.45) is 6.42. The predicted molar refractivity (Wildman–Crippen MR) is 261 cm³/mol. The Bertz CT molecular complexity index is 1960. The number of nitrogens with zero attached hydrogens (tertiary/aromatic N) is 2. The minimum atomic E-state index is -1.85. The van der Waals surface area contributed by atoms with Gasteiger partial charge in [0, 0.05) is 57.4 Å². The molecule has 370 valence electrons. The molecule has 3 aliphatic rings. The van der Waals surface area contributed by atoms with Crippen molar-refractivity contribution in [3.05, 3.63) is 46.5 Å². The molecule has 0 radical (unpaired) electrons. The molecule has 3 heterocycles. The van der Waals surface area contributed by atoms with Crippen LogP contribution in [0.2, 0.25) is 5.02 Å². The minimum Gasteiger partial charge on any atom is -0.495 e. The number of methoxy groups -OCH3 is 2. The second kappa shape index (κ2) is 24.3. The van der Waals surface area contributed by atoms with E-state index in [1.54, 1.807) is 62.9 Å². The number of amides is 3. The third kappa shape index (κ3) is 13.9. The quantitative estimate of drug-likeness (QED) is 0.0527. The predicted octanol–water partition coefficient (Wildman–Crippen LogP) is 7.71. The summed E-state index contributed by atoms with van der Waals surface area (Å²) in [7, 11) is 9.19. The van der Waals surface area contributed by atoms with Crippen molar-refractivity contribution in [2.75, 3.05) is 39.0 Å². The summed E-state index contributed by atoms with van der Waals surface area (Å²) in [4.78, 5) is 70.5. The lowest BCUT2D eigenvalue weighted by Gasteiger charge is -2.42. The lowest BCUT2D eigenvalue weighted by atomic mass is 9.83. The number of nitrogens with two attached hydrogens (primary N) is 1. The first kappa shape index (κ1) is 55.3. The number of hydrogen-bond donors (Lipinski definition) is 3. The Morgan fingerprint density at radius 2 is 1.88 bits per heavy atom. The smallest absolute Gasteiger partial charge is 0.409 e. The second-order valence-electron chi connectivity index (χ2n) is 18.3. The van der Waals surface area contributed by atoms with Gasteiger partial charge >= 0.3 is 12.1 Å². The van der Waals surface area contributed by atoms with Crippen molar-refractivity contribution in [3.63, 3.8) is 0 Å². The fraction of sp³-hybridized carbons (Fsp3) is 0.688. The van der Waals surface area contributed by atoms with Crippen LogP contribution in [0.4, 0.5) is 10.5 Å². The van der Waals surface area contributed by atoms with Crippen molar-refractivity contribution in [1.29, 1.82) is 0 Å². The van der Waals surface area contributed by atoms with Crippen molar-refractivity contribution in [1.82, 2.24) is 10.2 Å². The molecule has 2 saturated heterocycles. The van der Waals surface area contributed by atoms with Crippen LogP contribution in [-0.2, 0) is 44.5 Å². The summed E-state index contributed by atoms with van der Waals surface area (Å²) in [5.41, 5.74) is 4.74. The van der Waals surface area contributed by atoms with Gasteiger partial charge in [0.05, 0.1) is 30.9 Å². The molecule has 18 heteroatoms. The van der Waals surface area contributed by atoms with Crippen LogP contribution in [0, 0.1) is 5.92 Å². The van der Waals surface area contributed by atoms with Gasteiger partial charge in [-0.1, -0.05) is 104 Å². The molecule has 4 rings (SSSR count). The van der Waals surface area contributed by atoms with Gasteiger partial charge in [0.25, 0.3) is 0 Å². The van der Waals surface area contributed by atoms with E-state index in [0.717, 1.165) is 30.4 Å². The molecule has 0 spiro atoms. The molecule has 1 aromatic carbocycles. The summed E-state index contributed by atoms with van der Waals surface area (Å²) >= 11 is 6.81. The zero-order chi connectivity index (χ0) is 49.1. The molecule has 10 atom stereocenters. The van der Waals surface area contributed by atoms with Gasteiger partial charge in [0.2, 0.25) is 11.8 Å². The van der Waals surface area contributed by atoms with E-state index in [0.29, 0.717) is 49.3 Å². The fourth-order valence-corrected chi connectivity index (χ4v) is 11.2. The number of hydrogen-bond acceptors (Lipinski definition) is 14. The maximum Gasteiger partial charge on any atom is 0.409 e. The van der Waals surface area contributed by atoms with Crippen molar-refractivity contribution in [2.45, 2.75) is 172 Å². The summed E-state index contributed by atoms with van der Waals surface area (Å²) in [6.45, 7) is 13.2. The highest BCUT2D eigenvalue weighted by molar-refractivity contribution is 8.76. The molecule has 3 aliphatic heterocycles. The second-order valence-corrected chi connectivity index (χ2v) is 21.6. The number of ketones is 1. The van der Waals surface area contributed by atoms with Gasteiger partial charge in [0.15, 0.2) is 11.5 Å². The van der Waals surface area contributed by atoms with Crippen LogP contribution in [0.25, 0.3) is 0 Å². The lowest BCUT2D eigenvalue weighted by molar-refractivity contribution is -0.162. The van der Waals surface area contributed by atoms with Gasteiger partial charge in [-0.2, -0.15) is 0 Å². The van der Waals surface area contributed by atoms with Crippen molar-refractivity contribution in [3.8, 4) is 5.75 Å². The first-order valence-electron chi connectivity index (χ1n) is 23.0. The van der Waals surface area contributed by atoms with Crippen LogP contribution < -0.4 is 20.7 Å². The number of nitrogens with one attached hydrogen (secondary N) is 1. The Kier molecular flexibility index (Phi) is 20.4. The van der Waals surface area contributed by atoms with E-state index in [2.05, 4.69) is 19.2 Å². The summed E-state index contributed by atoms with van der Waals surface area (Å²) < 4.78 is 29.5. The molecule has 0 saturated carbocycles. The van der Waals surface area contributed by atoms with E-state index in [9.17, 15) is 29.1 Å². The highest BCUT2D eigenvalue weighted by Crippen LogP contribution is 2.49. The average Bonchev–Trinajstić information content (AvgIpc) is 3.98. The highest BCUT2D eigenvalue weighted by Gasteiger charge is 2.64. The van der Waals surface area contributed by atoms with Gasteiger partial charge in [-0.05, 0) is 64.2 Å². The topological polar surface area (TPSA) is 200 Å². The Morgan fingerprint density at radius 3 is 2.53 bits per heavy atom. The Morgan fingerprint density at radius 1 is 1.17 bits per heavy atom. The molecule has 0 aromatic heterocycles. The van der Waals surface area contributed by atoms with Crippen molar-refractivity contribution < 1.29 is 52.8 Å². The standard InChI is InChI=1S/C48H73ClN4O11S2/c1-12-14-15-22-47(50,13-2)37(54)20-19-30(4)66-65-23-21-40(55)52(8)32(6)44(57)63-39-27-41(56)53(9)34-25-33(26-35(60-10)42(34)49)24-29(3)17-16-18-38(61-11)48(59)28-36(62-45(58)51-48)31(5)43-46(39,7)64-43/h16-18,25-26,30-32,36,38-39,43,59H,12-15,19-24,27-28,50H2,1-11H3,(H,51,58)/b18-16+,29-17+/t30?,31-,32+,36?,38-,39+,43+,46+,47?,48+/m1/s1. The Balaban J connectivity index is 1.50. The number of carbonyl (C=O) groups is 5. The van der Waals surface area contributed by atoms with Gasteiger partial charge in [-0.3, -0.25) is 19.7 Å². The number of halogens is 1. The highest BCUT2D eigenvalue weighted by atomic mass is 35.5. The molecular weight excluding hydrogens is 908 g/mol. The largest absolute Gasteiger partial charge is 0.495 e. The number of ether oxygens (including phenoxy) is 5. The number of carbonyl (C=O) groups excluding carboxylic acids is 5. The Hall–Kier alpha value is -3.32. The first-order valence-corrected chi connectivity index (χ1v) is 25.8. The van der Waals surface area contributed by atoms with Crippen LogP contribution in [0.15, 0.2) is 35.9 Å². The summed E-state index contributed by atoms with van der Waals surface area (Å²) in [5.74, 6) is -1.06. The molecule has 1 aromatic rings. The SMILES string of the molecule is CCCCCC(N)(CC)C(=O)CCC(C)SSCCC(=O)N(C)[C@@H](C)C(=O)O[C@H]1CC(=O)N(C)c2cc(cc(OC)c2Cl)C/C(C)=C/C=C/[C@@H](OC)[C@@]2(O)CC(OC(=O)N2)[C@@H](C)[C@@H]2O[C@@]12C. The van der Waals surface area contributed by atoms with Gasteiger partial charge in [-0.25, -0.2) is 9.59 Å². The number of fused-ring (bicyclic) bond motifs is 5. The van der Waals surface area contributed by atoms with E-state index in [1.165, 1.54) is 41.9 Å². The van der Waals surface area contributed by atoms with E-state index in [4.69, 9.17) is 41.0 Å². The number of anilines is 1. The number of Topliss-reactive ketones (excluding diaryl/α,β-unsaturated/α-hetero) is 1. The molecule has 0 aliphatic carbocycles. The maximum atomic E-state index is 14.3. The fourth-order valence-electron chi connectivity index (χ4n) is 8.52. The number of esters is 1. The van der Waals surface area contributed by atoms with Crippen molar-refractivity contribution >= 4 is 68.5 Å². The molecule has 3 amide bonds. The molecule has 4 N–H and O–H groups in total. The van der Waals surface area contributed by atoms with Crippen LogP contribution in [0.5, 0.6) is 5.75 Å². The number of rotatable bonds is 19. The minimum absolute atomic E-state index is 0.0654. The number of likely N-dealkylation sites (N-methyl/N-ethyl adjacent to an activating group) is 1. The molecule has 3 unspecified atom stereocenters. The van der Waals surface area contributed by atoms with Crippen molar-refractivity contribution in [2.24, 2.45) is 11.7 Å². The summed E-state index contributed by atoms with van der Waals surface area (Å²) in [6, 6.07) is 2.56. The molecular formula is C48H73ClN4O11S2. The summed E-state index contributed by atoms with van der Waals surface area (Å²) in [5, 5.41) is 14.7. The van der Waals surface area contributed by atoms with E-state index < -0.39 is 71.2 Å². The van der Waals surface area contributed by atoms with Crippen LogP contribution in [-0.4, -0.2) is 126 Å². The Labute approximate surface area is 404 Å². The number of aliphatic hydroxyl groups is 1. The molecule has 66 heavy (non-hydrogen) atoms. The lowest BCUT2D eigenvalue weighted by Crippen LogP contribution is -2.63. The first-order chi connectivity index (χ1) is 31.1. The third-order valence-corrected chi connectivity index (χ3v) is 16.7. The van der Waals surface area contributed by atoms with Gasteiger partial charge in [0.1, 0.15) is 40.7 Å². The molecule has 2 fully saturated rings. The maximum absolute atomic E-state index is 14.3. The average molecular weight is 982 g/mol. The van der Waals surface area contributed by atoms with E-state index in [-0.39, 0.29) is 41.2 Å². The van der Waals surface area contributed by atoms with E-state index >= 15 is 0 Å². The molecule has 15 nitrogen and oxygen atoms in total. The van der Waals surface area contributed by atoms with E-state index in [1.807, 2.05) is 19.9 Å². The number of unbranched alkanes of at least 4 members (excludes halogenated alkanes) is 2. The number of benzene rings is 1. The zero-order valence-electron chi connectivity index (χ0n) is 40.6. The monoisotopic (exact) mass is 980 g/mol.